The molecular formula is C23H28ClF2N3O4S. The Kier molecular flexibility index (Phi) is 9.81. The fourth-order valence-electron chi connectivity index (χ4n) is 3.18. The first-order valence-electron chi connectivity index (χ1n) is 10.7. The van der Waals surface area contributed by atoms with Crippen LogP contribution in [-0.4, -0.2) is 50.5 Å². The van der Waals surface area contributed by atoms with Gasteiger partial charge in [-0.25, -0.2) is 17.2 Å². The highest BCUT2D eigenvalue weighted by Gasteiger charge is 2.30. The van der Waals surface area contributed by atoms with Gasteiger partial charge in [0.05, 0.1) is 11.9 Å². The summed E-state index contributed by atoms with van der Waals surface area (Å²) in [6.45, 7) is 3.15. The smallest absolute Gasteiger partial charge is 0.244 e. The Morgan fingerprint density at radius 2 is 1.79 bits per heavy atom. The molecule has 0 saturated carbocycles. The van der Waals surface area contributed by atoms with Gasteiger partial charge >= 0.3 is 0 Å². The maximum absolute atomic E-state index is 13.8. The number of amides is 2. The number of unbranched alkanes of at least 4 members (excludes halogenated alkanes) is 1. The molecule has 0 aromatic heterocycles. The van der Waals surface area contributed by atoms with Crippen LogP contribution in [0.4, 0.5) is 14.5 Å². The largest absolute Gasteiger partial charge is 0.354 e. The summed E-state index contributed by atoms with van der Waals surface area (Å²) in [5.41, 5.74) is 0.344. The van der Waals surface area contributed by atoms with Crippen LogP contribution < -0.4 is 9.62 Å². The maximum atomic E-state index is 13.8. The number of benzene rings is 2. The van der Waals surface area contributed by atoms with Crippen molar-refractivity contribution >= 4 is 39.1 Å². The molecule has 1 N–H and O–H groups in total. The molecule has 0 fully saturated rings. The summed E-state index contributed by atoms with van der Waals surface area (Å²) in [6.07, 6.45) is 2.48. The van der Waals surface area contributed by atoms with Crippen molar-refractivity contribution < 1.29 is 26.8 Å². The van der Waals surface area contributed by atoms with E-state index >= 15 is 0 Å². The molecule has 11 heteroatoms. The fourth-order valence-corrected chi connectivity index (χ4v) is 4.22. The average Bonchev–Trinajstić information content (AvgIpc) is 2.77. The molecular weight excluding hydrogens is 488 g/mol. The number of carbonyl (C=O) groups is 2. The zero-order chi connectivity index (χ0) is 25.5. The number of nitrogens with zero attached hydrogens (tertiary/aromatic N) is 2. The third kappa shape index (κ3) is 7.39. The van der Waals surface area contributed by atoms with Crippen LogP contribution in [0.5, 0.6) is 0 Å². The highest BCUT2D eigenvalue weighted by molar-refractivity contribution is 7.92. The summed E-state index contributed by atoms with van der Waals surface area (Å²) >= 11 is 6.24. The minimum absolute atomic E-state index is 0.0593. The fraction of sp³-hybridized carbons (Fsp3) is 0.391. The molecule has 0 radical (unpaired) electrons. The Morgan fingerprint density at radius 3 is 2.38 bits per heavy atom. The van der Waals surface area contributed by atoms with E-state index in [2.05, 4.69) is 5.32 Å². The van der Waals surface area contributed by atoms with Crippen molar-refractivity contribution in [1.82, 2.24) is 10.2 Å². The minimum atomic E-state index is -4.05. The van der Waals surface area contributed by atoms with E-state index in [1.54, 1.807) is 24.3 Å². The molecule has 2 amide bonds. The van der Waals surface area contributed by atoms with Crippen LogP contribution >= 0.6 is 11.6 Å². The Balaban J connectivity index is 2.38. The van der Waals surface area contributed by atoms with Gasteiger partial charge in [-0.05, 0) is 37.1 Å². The Bertz CT molecular complexity index is 1130. The number of hydrogen-bond acceptors (Lipinski definition) is 4. The molecule has 0 spiro atoms. The maximum Gasteiger partial charge on any atom is 0.244 e. The summed E-state index contributed by atoms with van der Waals surface area (Å²) in [6, 6.07) is 8.34. The lowest BCUT2D eigenvalue weighted by Gasteiger charge is -2.31. The first-order valence-corrected chi connectivity index (χ1v) is 12.9. The van der Waals surface area contributed by atoms with E-state index in [0.717, 1.165) is 31.2 Å². The molecule has 186 valence electrons. The highest BCUT2D eigenvalue weighted by atomic mass is 35.5. The van der Waals surface area contributed by atoms with Gasteiger partial charge in [0.2, 0.25) is 21.8 Å². The van der Waals surface area contributed by atoms with Crippen LogP contribution in [0.25, 0.3) is 0 Å². The second-order valence-electron chi connectivity index (χ2n) is 7.80. The Hall–Kier alpha value is -2.72. The lowest BCUT2D eigenvalue weighted by atomic mass is 10.1. The monoisotopic (exact) mass is 515 g/mol. The Labute approximate surface area is 203 Å². The van der Waals surface area contributed by atoms with Gasteiger partial charge in [0.15, 0.2) is 11.6 Å². The van der Waals surface area contributed by atoms with E-state index in [-0.39, 0.29) is 12.2 Å². The van der Waals surface area contributed by atoms with Crippen LogP contribution in [-0.2, 0) is 26.2 Å². The van der Waals surface area contributed by atoms with Crippen molar-refractivity contribution in [1.29, 1.82) is 0 Å². The highest BCUT2D eigenvalue weighted by Crippen LogP contribution is 2.23. The second-order valence-corrected chi connectivity index (χ2v) is 10.1. The molecule has 34 heavy (non-hydrogen) atoms. The molecule has 0 aliphatic heterocycles. The van der Waals surface area contributed by atoms with Gasteiger partial charge < -0.3 is 10.2 Å². The van der Waals surface area contributed by atoms with Gasteiger partial charge in [-0.1, -0.05) is 43.1 Å². The number of sulfonamides is 1. The number of halogens is 3. The quantitative estimate of drug-likeness (QED) is 0.462. The van der Waals surface area contributed by atoms with Crippen LogP contribution in [0.1, 0.15) is 32.3 Å². The standard InChI is InChI=1S/C23H28ClF2N3O4S/c1-4-5-12-27-23(31)16(2)28(14-17-8-6-7-9-19(17)24)22(30)15-29(34(3,32)33)18-10-11-20(25)21(26)13-18/h6-11,13,16H,4-5,12,14-15H2,1-3H3,(H,27,31)/t16-/m1/s1. The molecule has 0 aliphatic rings. The first-order chi connectivity index (χ1) is 16.0. The molecule has 0 saturated heterocycles. The second kappa shape index (κ2) is 12.1. The summed E-state index contributed by atoms with van der Waals surface area (Å²) in [7, 11) is -4.05. The molecule has 2 aromatic rings. The van der Waals surface area contributed by atoms with Crippen molar-refractivity contribution in [2.24, 2.45) is 0 Å². The summed E-state index contributed by atoms with van der Waals surface area (Å²) < 4.78 is 52.7. The Morgan fingerprint density at radius 1 is 1.12 bits per heavy atom. The van der Waals surface area contributed by atoms with Crippen molar-refractivity contribution in [3.63, 3.8) is 0 Å². The molecule has 2 rings (SSSR count). The SMILES string of the molecule is CCCCNC(=O)[C@@H](C)N(Cc1ccccc1Cl)C(=O)CN(c1ccc(F)c(F)c1)S(C)(=O)=O. The number of carbonyl (C=O) groups excluding carboxylic acids is 2. The van der Waals surface area contributed by atoms with E-state index < -0.39 is 46.1 Å². The van der Waals surface area contributed by atoms with Gasteiger partial charge in [-0.2, -0.15) is 0 Å². The molecule has 7 nitrogen and oxygen atoms in total. The van der Waals surface area contributed by atoms with Gasteiger partial charge in [0.25, 0.3) is 0 Å². The van der Waals surface area contributed by atoms with Crippen LogP contribution in [0.2, 0.25) is 5.02 Å². The van der Waals surface area contributed by atoms with Crippen LogP contribution in [0.3, 0.4) is 0 Å². The zero-order valence-electron chi connectivity index (χ0n) is 19.2. The summed E-state index contributed by atoms with van der Waals surface area (Å²) in [5, 5.41) is 3.13. The van der Waals surface area contributed by atoms with E-state index in [4.69, 9.17) is 11.6 Å². The van der Waals surface area contributed by atoms with Crippen molar-refractivity contribution in [3.05, 3.63) is 64.7 Å². The van der Waals surface area contributed by atoms with Crippen molar-refractivity contribution in [3.8, 4) is 0 Å². The van der Waals surface area contributed by atoms with Gasteiger partial charge in [-0.3, -0.25) is 13.9 Å². The third-order valence-corrected chi connectivity index (χ3v) is 6.68. The average molecular weight is 516 g/mol. The lowest BCUT2D eigenvalue weighted by molar-refractivity contribution is -0.139. The lowest BCUT2D eigenvalue weighted by Crippen LogP contribution is -2.51. The van der Waals surface area contributed by atoms with Crippen LogP contribution in [0.15, 0.2) is 42.5 Å². The minimum Gasteiger partial charge on any atom is -0.354 e. The number of anilines is 1. The number of hydrogen-bond donors (Lipinski definition) is 1. The van der Waals surface area contributed by atoms with Gasteiger partial charge in [0, 0.05) is 24.2 Å². The molecule has 1 atom stereocenters. The zero-order valence-corrected chi connectivity index (χ0v) is 20.8. The molecule has 0 aliphatic carbocycles. The predicted molar refractivity (Wildman–Crippen MR) is 128 cm³/mol. The van der Waals surface area contributed by atoms with Crippen molar-refractivity contribution in [2.45, 2.75) is 39.3 Å². The normalized spacial score (nSPS) is 12.2. The third-order valence-electron chi connectivity index (χ3n) is 5.17. The molecule has 0 heterocycles. The molecule has 0 bridgehead atoms. The van der Waals surface area contributed by atoms with E-state index in [0.29, 0.717) is 27.5 Å². The summed E-state index contributed by atoms with van der Waals surface area (Å²) in [4.78, 5) is 27.3. The van der Waals surface area contributed by atoms with Crippen LogP contribution in [0, 0.1) is 11.6 Å². The van der Waals surface area contributed by atoms with Gasteiger partial charge in [-0.15, -0.1) is 0 Å². The number of rotatable bonds is 11. The topological polar surface area (TPSA) is 86.8 Å². The molecule has 0 unspecified atom stereocenters. The van der Waals surface area contributed by atoms with E-state index in [9.17, 15) is 26.8 Å². The van der Waals surface area contributed by atoms with E-state index in [1.165, 1.54) is 11.8 Å². The van der Waals surface area contributed by atoms with Crippen molar-refractivity contribution in [2.75, 3.05) is 23.7 Å². The van der Waals surface area contributed by atoms with E-state index in [1.807, 2.05) is 6.92 Å². The predicted octanol–water partition coefficient (Wildman–Crippen LogP) is 3.72. The number of nitrogens with one attached hydrogen (secondary N) is 1. The van der Waals surface area contributed by atoms with Gasteiger partial charge in [0.1, 0.15) is 12.6 Å². The molecule has 2 aromatic carbocycles. The summed E-state index contributed by atoms with van der Waals surface area (Å²) in [5.74, 6) is -3.53. The first kappa shape index (κ1) is 27.5.